The van der Waals surface area contributed by atoms with Gasteiger partial charge in [0.2, 0.25) is 5.89 Å². The lowest BCUT2D eigenvalue weighted by atomic mass is 9.93. The Hall–Kier alpha value is -1.39. The summed E-state index contributed by atoms with van der Waals surface area (Å²) in [6.07, 6.45) is 2.77. The van der Waals surface area contributed by atoms with Crippen LogP contribution in [0.25, 0.3) is 0 Å². The van der Waals surface area contributed by atoms with Gasteiger partial charge in [-0.2, -0.15) is 4.98 Å². The molecule has 2 aromatic rings. The highest BCUT2D eigenvalue weighted by Gasteiger charge is 2.24. The predicted octanol–water partition coefficient (Wildman–Crippen LogP) is 3.17. The standard InChI is InChI=1S/C15H18ClN3O/c1-10-7-12(5-6-17-10)15-18-14(19-20-15)9-11-3-2-4-13(16)8-11/h2-4,8,10,12,17H,5-7,9H2,1H3. The number of piperidine rings is 1. The molecule has 0 aliphatic carbocycles. The van der Waals surface area contributed by atoms with Crippen molar-refractivity contribution in [1.29, 1.82) is 0 Å². The molecule has 1 aliphatic heterocycles. The van der Waals surface area contributed by atoms with E-state index in [1.54, 1.807) is 0 Å². The number of benzene rings is 1. The Morgan fingerprint density at radius 1 is 1.45 bits per heavy atom. The molecule has 0 bridgehead atoms. The highest BCUT2D eigenvalue weighted by molar-refractivity contribution is 6.30. The van der Waals surface area contributed by atoms with Crippen LogP contribution in [0.5, 0.6) is 0 Å². The Kier molecular flexibility index (Phi) is 4.03. The van der Waals surface area contributed by atoms with Crippen molar-refractivity contribution >= 4 is 11.6 Å². The molecule has 0 radical (unpaired) electrons. The molecule has 3 rings (SSSR count). The Labute approximate surface area is 123 Å². The van der Waals surface area contributed by atoms with Crippen LogP contribution < -0.4 is 5.32 Å². The number of rotatable bonds is 3. The minimum atomic E-state index is 0.381. The van der Waals surface area contributed by atoms with E-state index in [1.165, 1.54) is 0 Å². The first kappa shape index (κ1) is 13.6. The van der Waals surface area contributed by atoms with Gasteiger partial charge in [-0.3, -0.25) is 0 Å². The summed E-state index contributed by atoms with van der Waals surface area (Å²) in [6.45, 7) is 3.20. The molecule has 2 unspecified atom stereocenters. The first-order valence-electron chi connectivity index (χ1n) is 7.01. The first-order chi connectivity index (χ1) is 9.70. The van der Waals surface area contributed by atoms with Gasteiger partial charge in [0.25, 0.3) is 0 Å². The number of hydrogen-bond donors (Lipinski definition) is 1. The third-order valence-electron chi connectivity index (χ3n) is 3.71. The van der Waals surface area contributed by atoms with Gasteiger partial charge in [-0.25, -0.2) is 0 Å². The maximum absolute atomic E-state index is 5.98. The molecule has 1 saturated heterocycles. The van der Waals surface area contributed by atoms with Crippen molar-refractivity contribution in [2.24, 2.45) is 0 Å². The van der Waals surface area contributed by atoms with Gasteiger partial charge in [0.05, 0.1) is 0 Å². The number of halogens is 1. The number of hydrogen-bond acceptors (Lipinski definition) is 4. The molecule has 1 aromatic carbocycles. The van der Waals surface area contributed by atoms with Crippen LogP contribution in [0, 0.1) is 0 Å². The van der Waals surface area contributed by atoms with Gasteiger partial charge in [0.15, 0.2) is 5.82 Å². The van der Waals surface area contributed by atoms with Crippen molar-refractivity contribution in [2.45, 2.75) is 38.1 Å². The molecule has 0 amide bonds. The van der Waals surface area contributed by atoms with E-state index in [-0.39, 0.29) is 0 Å². The molecule has 0 spiro atoms. The Balaban J connectivity index is 1.70. The SMILES string of the molecule is CC1CC(c2nc(Cc3cccc(Cl)c3)no2)CCN1. The van der Waals surface area contributed by atoms with E-state index in [4.69, 9.17) is 16.1 Å². The fraction of sp³-hybridized carbons (Fsp3) is 0.467. The van der Waals surface area contributed by atoms with Gasteiger partial charge in [-0.15, -0.1) is 0 Å². The summed E-state index contributed by atoms with van der Waals surface area (Å²) in [5, 5.41) is 8.26. The van der Waals surface area contributed by atoms with Crippen molar-refractivity contribution < 1.29 is 4.52 Å². The third-order valence-corrected chi connectivity index (χ3v) is 3.94. The van der Waals surface area contributed by atoms with Crippen LogP contribution >= 0.6 is 11.6 Å². The van der Waals surface area contributed by atoms with Gasteiger partial charge in [0.1, 0.15) is 0 Å². The third kappa shape index (κ3) is 3.19. The van der Waals surface area contributed by atoms with Gasteiger partial charge < -0.3 is 9.84 Å². The van der Waals surface area contributed by atoms with Gasteiger partial charge in [0, 0.05) is 23.4 Å². The zero-order valence-electron chi connectivity index (χ0n) is 11.5. The number of nitrogens with zero attached hydrogens (tertiary/aromatic N) is 2. The minimum absolute atomic E-state index is 0.381. The van der Waals surface area contributed by atoms with E-state index in [0.29, 0.717) is 18.4 Å². The summed E-state index contributed by atoms with van der Waals surface area (Å²) in [6, 6.07) is 8.27. The largest absolute Gasteiger partial charge is 0.339 e. The van der Waals surface area contributed by atoms with Crippen LogP contribution in [-0.2, 0) is 6.42 Å². The molecule has 4 nitrogen and oxygen atoms in total. The number of aromatic nitrogens is 2. The molecule has 2 heterocycles. The van der Waals surface area contributed by atoms with E-state index in [9.17, 15) is 0 Å². The van der Waals surface area contributed by atoms with Gasteiger partial charge in [-0.05, 0) is 44.0 Å². The van der Waals surface area contributed by atoms with E-state index < -0.39 is 0 Å². The van der Waals surface area contributed by atoms with Crippen molar-refractivity contribution in [3.8, 4) is 0 Å². The lowest BCUT2D eigenvalue weighted by Gasteiger charge is -2.25. The Morgan fingerprint density at radius 3 is 3.15 bits per heavy atom. The Bertz CT molecular complexity index is 584. The molecule has 1 N–H and O–H groups in total. The second kappa shape index (κ2) is 5.94. The molecule has 0 saturated carbocycles. The minimum Gasteiger partial charge on any atom is -0.339 e. The molecule has 5 heteroatoms. The Morgan fingerprint density at radius 2 is 2.35 bits per heavy atom. The normalized spacial score (nSPS) is 22.9. The summed E-state index contributed by atoms with van der Waals surface area (Å²) >= 11 is 5.98. The predicted molar refractivity (Wildman–Crippen MR) is 78.0 cm³/mol. The summed E-state index contributed by atoms with van der Waals surface area (Å²) in [7, 11) is 0. The lowest BCUT2D eigenvalue weighted by molar-refractivity contribution is 0.294. The molecule has 106 valence electrons. The lowest BCUT2D eigenvalue weighted by Crippen LogP contribution is -2.34. The van der Waals surface area contributed by atoms with E-state index in [0.717, 1.165) is 41.7 Å². The van der Waals surface area contributed by atoms with E-state index >= 15 is 0 Å². The summed E-state index contributed by atoms with van der Waals surface area (Å²) in [4.78, 5) is 4.54. The van der Waals surface area contributed by atoms with Crippen molar-refractivity contribution in [2.75, 3.05) is 6.54 Å². The fourth-order valence-electron chi connectivity index (χ4n) is 2.69. The van der Waals surface area contributed by atoms with E-state index in [2.05, 4.69) is 22.4 Å². The maximum atomic E-state index is 5.98. The highest BCUT2D eigenvalue weighted by Crippen LogP contribution is 2.26. The highest BCUT2D eigenvalue weighted by atomic mass is 35.5. The first-order valence-corrected chi connectivity index (χ1v) is 7.39. The van der Waals surface area contributed by atoms with Crippen LogP contribution in [0.2, 0.25) is 5.02 Å². The monoisotopic (exact) mass is 291 g/mol. The molecule has 1 aliphatic rings. The molecular formula is C15H18ClN3O. The second-order valence-electron chi connectivity index (χ2n) is 5.43. The molecule has 20 heavy (non-hydrogen) atoms. The second-order valence-corrected chi connectivity index (χ2v) is 5.87. The van der Waals surface area contributed by atoms with Crippen LogP contribution in [0.1, 0.15) is 43.0 Å². The summed E-state index contributed by atoms with van der Waals surface area (Å²) < 4.78 is 5.43. The zero-order valence-corrected chi connectivity index (χ0v) is 12.2. The van der Waals surface area contributed by atoms with Crippen molar-refractivity contribution in [1.82, 2.24) is 15.5 Å². The van der Waals surface area contributed by atoms with Crippen LogP contribution in [0.15, 0.2) is 28.8 Å². The maximum Gasteiger partial charge on any atom is 0.229 e. The summed E-state index contributed by atoms with van der Waals surface area (Å²) in [5.74, 6) is 1.88. The van der Waals surface area contributed by atoms with Crippen LogP contribution in [0.3, 0.4) is 0 Å². The molecule has 1 aromatic heterocycles. The quantitative estimate of drug-likeness (QED) is 0.944. The molecule has 2 atom stereocenters. The zero-order chi connectivity index (χ0) is 13.9. The van der Waals surface area contributed by atoms with Crippen molar-refractivity contribution in [3.63, 3.8) is 0 Å². The van der Waals surface area contributed by atoms with Crippen molar-refractivity contribution in [3.05, 3.63) is 46.6 Å². The molecular weight excluding hydrogens is 274 g/mol. The summed E-state index contributed by atoms with van der Waals surface area (Å²) in [5.41, 5.74) is 1.10. The van der Waals surface area contributed by atoms with Gasteiger partial charge >= 0.3 is 0 Å². The topological polar surface area (TPSA) is 51.0 Å². The smallest absolute Gasteiger partial charge is 0.229 e. The average molecular weight is 292 g/mol. The fourth-order valence-corrected chi connectivity index (χ4v) is 2.90. The average Bonchev–Trinajstić information content (AvgIpc) is 2.87. The van der Waals surface area contributed by atoms with Gasteiger partial charge in [-0.1, -0.05) is 28.9 Å². The number of nitrogens with one attached hydrogen (secondary N) is 1. The van der Waals surface area contributed by atoms with E-state index in [1.807, 2.05) is 24.3 Å². The van der Waals surface area contributed by atoms with Crippen LogP contribution in [-0.4, -0.2) is 22.7 Å². The van der Waals surface area contributed by atoms with Crippen LogP contribution in [0.4, 0.5) is 0 Å². The molecule has 1 fully saturated rings.